The fraction of sp³-hybridized carbons (Fsp3) is 0.355. The van der Waals surface area contributed by atoms with E-state index < -0.39 is 23.7 Å². The third kappa shape index (κ3) is 5.44. The molecule has 2 fully saturated rings. The van der Waals surface area contributed by atoms with Gasteiger partial charge in [0.05, 0.1) is 31.0 Å². The summed E-state index contributed by atoms with van der Waals surface area (Å²) in [6.07, 6.45) is 4.50. The van der Waals surface area contributed by atoms with Gasteiger partial charge in [-0.3, -0.25) is 14.0 Å². The minimum Gasteiger partial charge on any atom is -0.494 e. The van der Waals surface area contributed by atoms with Crippen LogP contribution in [0.3, 0.4) is 0 Å². The Morgan fingerprint density at radius 3 is 2.57 bits per heavy atom. The fourth-order valence-corrected chi connectivity index (χ4v) is 5.88. The second-order valence-electron chi connectivity index (χ2n) is 11.0. The number of amides is 2. The number of aromatic nitrogens is 3. The average molecular weight is 606 g/mol. The normalized spacial score (nSPS) is 18.8. The zero-order chi connectivity index (χ0) is 31.0. The fourth-order valence-electron chi connectivity index (χ4n) is 5.88. The van der Waals surface area contributed by atoms with Crippen molar-refractivity contribution in [1.29, 1.82) is 0 Å². The Bertz CT molecular complexity index is 1720. The highest BCUT2D eigenvalue weighted by Gasteiger charge is 2.34. The number of piperazine rings is 1. The Hall–Kier alpha value is -4.62. The number of anilines is 2. The van der Waals surface area contributed by atoms with Crippen LogP contribution in [0.15, 0.2) is 48.9 Å². The summed E-state index contributed by atoms with van der Waals surface area (Å²) in [6.45, 7) is 4.65. The molecule has 2 amide bonds. The molecule has 3 N–H and O–H groups in total. The van der Waals surface area contributed by atoms with Crippen LogP contribution in [0.4, 0.5) is 20.3 Å². The summed E-state index contributed by atoms with van der Waals surface area (Å²) in [5.74, 6) is -2.48. The highest BCUT2D eigenvalue weighted by molar-refractivity contribution is 5.96. The lowest BCUT2D eigenvalue weighted by molar-refractivity contribution is -0.141. The van der Waals surface area contributed by atoms with Gasteiger partial charge in [0, 0.05) is 61.9 Å². The summed E-state index contributed by atoms with van der Waals surface area (Å²) in [4.78, 5) is 38.6. The summed E-state index contributed by atoms with van der Waals surface area (Å²) in [5.41, 5.74) is 2.75. The van der Waals surface area contributed by atoms with Gasteiger partial charge in [0.1, 0.15) is 0 Å². The number of hydrogen-bond acceptors (Lipinski definition) is 8. The van der Waals surface area contributed by atoms with Gasteiger partial charge in [-0.05, 0) is 55.8 Å². The van der Waals surface area contributed by atoms with E-state index in [9.17, 15) is 23.5 Å². The van der Waals surface area contributed by atoms with Gasteiger partial charge in [0.15, 0.2) is 23.0 Å². The largest absolute Gasteiger partial charge is 0.494 e. The van der Waals surface area contributed by atoms with Gasteiger partial charge in [0.2, 0.25) is 11.7 Å². The Morgan fingerprint density at radius 2 is 1.84 bits per heavy atom. The number of rotatable bonds is 6. The van der Waals surface area contributed by atoms with Crippen molar-refractivity contribution in [3.63, 3.8) is 0 Å². The van der Waals surface area contributed by atoms with Crippen molar-refractivity contribution >= 4 is 29.0 Å². The summed E-state index contributed by atoms with van der Waals surface area (Å²) in [6, 6.07) is 8.14. The Labute approximate surface area is 252 Å². The molecule has 0 spiro atoms. The van der Waals surface area contributed by atoms with Gasteiger partial charge in [-0.2, -0.15) is 4.39 Å². The minimum atomic E-state index is -1.08. The van der Waals surface area contributed by atoms with Gasteiger partial charge in [0.25, 0.3) is 5.91 Å². The van der Waals surface area contributed by atoms with Crippen LogP contribution in [0, 0.1) is 24.5 Å². The van der Waals surface area contributed by atoms with Gasteiger partial charge in [-0.25, -0.2) is 14.4 Å². The molecule has 0 bridgehead atoms. The second kappa shape index (κ2) is 12.2. The van der Waals surface area contributed by atoms with Crippen molar-refractivity contribution in [2.24, 2.45) is 5.92 Å². The molecule has 2 atom stereocenters. The second-order valence-corrected chi connectivity index (χ2v) is 11.0. The molecular formula is C31H33F2N7O4. The van der Waals surface area contributed by atoms with E-state index in [1.54, 1.807) is 32.5 Å². The highest BCUT2D eigenvalue weighted by Crippen LogP contribution is 2.32. The lowest BCUT2D eigenvalue weighted by atomic mass is 9.93. The average Bonchev–Trinajstić information content (AvgIpc) is 3.47. The maximum atomic E-state index is 14.8. The van der Waals surface area contributed by atoms with Crippen LogP contribution in [-0.4, -0.2) is 93.6 Å². The quantitative estimate of drug-likeness (QED) is 0.307. The maximum Gasteiger partial charge on any atom is 0.254 e. The number of fused-ring (bicyclic) bond motifs is 1. The smallest absolute Gasteiger partial charge is 0.254 e. The summed E-state index contributed by atoms with van der Waals surface area (Å²) < 4.78 is 35.7. The van der Waals surface area contributed by atoms with E-state index in [1.165, 1.54) is 31.6 Å². The molecule has 2 aliphatic rings. The van der Waals surface area contributed by atoms with Gasteiger partial charge in [-0.1, -0.05) is 0 Å². The molecule has 2 saturated heterocycles. The number of aliphatic hydroxyl groups is 1. The van der Waals surface area contributed by atoms with Gasteiger partial charge < -0.3 is 30.3 Å². The van der Waals surface area contributed by atoms with E-state index in [1.807, 2.05) is 13.0 Å². The molecule has 230 valence electrons. The summed E-state index contributed by atoms with van der Waals surface area (Å²) >= 11 is 0. The number of nitrogens with zero attached hydrogens (tertiary/aromatic N) is 5. The Kier molecular flexibility index (Phi) is 8.15. The molecule has 2 aliphatic heterocycles. The number of ether oxygens (including phenoxy) is 1. The molecule has 13 heteroatoms. The SMILES string of the molecule is COc1ccc(-c2cnc3c(Nc4ccc(C(=O)N5CCN(C(=O)[C@H]6CCNC[C@H]6O)CC5)c(C)c4)nccn23)c(F)c1F. The van der Waals surface area contributed by atoms with Crippen molar-refractivity contribution in [3.05, 3.63) is 71.7 Å². The monoisotopic (exact) mass is 605 g/mol. The number of carbonyl (C=O) groups is 2. The van der Waals surface area contributed by atoms with E-state index in [2.05, 4.69) is 20.6 Å². The van der Waals surface area contributed by atoms with Crippen LogP contribution >= 0.6 is 0 Å². The first-order valence-corrected chi connectivity index (χ1v) is 14.5. The predicted molar refractivity (Wildman–Crippen MR) is 159 cm³/mol. The maximum absolute atomic E-state index is 14.8. The molecule has 2 aromatic heterocycles. The Morgan fingerprint density at radius 1 is 1.07 bits per heavy atom. The third-order valence-corrected chi connectivity index (χ3v) is 8.34. The van der Waals surface area contributed by atoms with Crippen molar-refractivity contribution < 1.29 is 28.2 Å². The number of nitrogens with one attached hydrogen (secondary N) is 2. The molecule has 0 aliphatic carbocycles. The lowest BCUT2D eigenvalue weighted by Crippen LogP contribution is -2.55. The molecule has 11 nitrogen and oxygen atoms in total. The van der Waals surface area contributed by atoms with Gasteiger partial charge >= 0.3 is 0 Å². The van der Waals surface area contributed by atoms with E-state index in [0.29, 0.717) is 74.1 Å². The van der Waals surface area contributed by atoms with Crippen LogP contribution in [0.25, 0.3) is 16.9 Å². The first-order chi connectivity index (χ1) is 21.3. The number of β-amino-alcohol motifs (C(OH)–C–C–N with tert-alkyl or cyclic N) is 1. The van der Waals surface area contributed by atoms with E-state index in [0.717, 1.165) is 5.56 Å². The topological polar surface area (TPSA) is 124 Å². The highest BCUT2D eigenvalue weighted by atomic mass is 19.2. The molecule has 4 heterocycles. The number of benzene rings is 2. The number of aryl methyl sites for hydroxylation is 1. The molecule has 0 unspecified atom stereocenters. The minimum absolute atomic E-state index is 0.0285. The molecule has 4 aromatic rings. The first kappa shape index (κ1) is 29.5. The van der Waals surface area contributed by atoms with Crippen LogP contribution < -0.4 is 15.4 Å². The van der Waals surface area contributed by atoms with Crippen molar-refractivity contribution in [1.82, 2.24) is 29.5 Å². The van der Waals surface area contributed by atoms with Crippen LogP contribution in [0.2, 0.25) is 0 Å². The number of halogens is 2. The number of imidazole rings is 1. The molecule has 2 aromatic carbocycles. The molecular weight excluding hydrogens is 572 g/mol. The summed E-state index contributed by atoms with van der Waals surface area (Å²) in [5, 5.41) is 16.5. The first-order valence-electron chi connectivity index (χ1n) is 14.5. The number of piperidine rings is 1. The van der Waals surface area contributed by atoms with Crippen molar-refractivity contribution in [3.8, 4) is 17.0 Å². The van der Waals surface area contributed by atoms with Gasteiger partial charge in [-0.15, -0.1) is 0 Å². The van der Waals surface area contributed by atoms with Crippen LogP contribution in [0.1, 0.15) is 22.3 Å². The molecule has 6 rings (SSSR count). The standard InChI is InChI=1S/C31H33F2N7O4/c1-18-15-19(3-4-20(18)30(42)38-11-13-39(14-12-38)31(43)22-7-8-34-17-24(22)41)37-28-29-36-16-23(40(29)10-9-35-28)21-5-6-25(44-2)27(33)26(21)32/h3-6,9-10,15-16,22,24,34,41H,7-8,11-14,17H2,1-2H3,(H,35,37)/t22-,24+/m0/s1. The van der Waals surface area contributed by atoms with E-state index in [4.69, 9.17) is 4.74 Å². The molecule has 0 saturated carbocycles. The Balaban J connectivity index is 1.14. The zero-order valence-electron chi connectivity index (χ0n) is 24.4. The van der Waals surface area contributed by atoms with Crippen molar-refractivity contribution in [2.75, 3.05) is 51.7 Å². The predicted octanol–water partition coefficient (Wildman–Crippen LogP) is 2.99. The van der Waals surface area contributed by atoms with E-state index >= 15 is 0 Å². The lowest BCUT2D eigenvalue weighted by Gasteiger charge is -2.38. The number of aliphatic hydroxyl groups excluding tert-OH is 1. The van der Waals surface area contributed by atoms with E-state index in [-0.39, 0.29) is 23.1 Å². The zero-order valence-corrected chi connectivity index (χ0v) is 24.4. The molecule has 44 heavy (non-hydrogen) atoms. The number of methoxy groups -OCH3 is 1. The number of carbonyl (C=O) groups excluding carboxylic acids is 2. The van der Waals surface area contributed by atoms with Crippen LogP contribution in [-0.2, 0) is 4.79 Å². The third-order valence-electron chi connectivity index (χ3n) is 8.34. The summed E-state index contributed by atoms with van der Waals surface area (Å²) in [7, 11) is 1.27. The number of hydrogen-bond donors (Lipinski definition) is 3. The molecule has 0 radical (unpaired) electrons. The van der Waals surface area contributed by atoms with Crippen molar-refractivity contribution in [2.45, 2.75) is 19.4 Å². The van der Waals surface area contributed by atoms with Crippen LogP contribution in [0.5, 0.6) is 5.75 Å².